The predicted molar refractivity (Wildman–Crippen MR) is 87.7 cm³/mol. The number of ether oxygens (including phenoxy) is 1. The lowest BCUT2D eigenvalue weighted by molar-refractivity contribution is 0.321. The largest absolute Gasteiger partial charge is 0.491 e. The number of rotatable bonds is 6. The highest BCUT2D eigenvalue weighted by Gasteiger charge is 2.11. The van der Waals surface area contributed by atoms with E-state index in [1.807, 2.05) is 19.9 Å². The highest BCUT2D eigenvalue weighted by atomic mass is 19.1. The molecule has 0 amide bonds. The lowest BCUT2D eigenvalue weighted by Gasteiger charge is -2.16. The molecular formula is C17H24FN3O. The molecule has 0 unspecified atom stereocenters. The van der Waals surface area contributed by atoms with Gasteiger partial charge in [0.2, 0.25) is 0 Å². The molecule has 4 nitrogen and oxygen atoms in total. The minimum Gasteiger partial charge on any atom is -0.491 e. The summed E-state index contributed by atoms with van der Waals surface area (Å²) in [4.78, 5) is 4.52. The fraction of sp³-hybridized carbons (Fsp3) is 0.471. The van der Waals surface area contributed by atoms with E-state index in [2.05, 4.69) is 27.8 Å². The molecule has 1 aromatic carbocycles. The maximum Gasteiger partial charge on any atom is 0.191 e. The van der Waals surface area contributed by atoms with Gasteiger partial charge in [0.15, 0.2) is 17.5 Å². The van der Waals surface area contributed by atoms with Crippen molar-refractivity contribution in [1.82, 2.24) is 10.6 Å². The molecule has 2 rings (SSSR count). The molecule has 0 radical (unpaired) electrons. The van der Waals surface area contributed by atoms with Gasteiger partial charge in [0.05, 0.1) is 13.2 Å². The molecular weight excluding hydrogens is 281 g/mol. The Balaban J connectivity index is 1.98. The SMILES string of the molecule is CCNC(=NCc1ccc(OCC)c(F)c1)NC1CC=CC1. The third kappa shape index (κ3) is 4.76. The minimum absolute atomic E-state index is 0.289. The van der Waals surface area contributed by atoms with Crippen molar-refractivity contribution in [2.75, 3.05) is 13.2 Å². The zero-order chi connectivity index (χ0) is 15.8. The van der Waals surface area contributed by atoms with Gasteiger partial charge in [-0.2, -0.15) is 0 Å². The number of benzene rings is 1. The van der Waals surface area contributed by atoms with Crippen molar-refractivity contribution in [2.24, 2.45) is 4.99 Å². The first-order chi connectivity index (χ1) is 10.7. The molecule has 1 aliphatic rings. The van der Waals surface area contributed by atoms with Crippen LogP contribution < -0.4 is 15.4 Å². The normalized spacial score (nSPS) is 15.1. The molecule has 0 saturated heterocycles. The summed E-state index contributed by atoms with van der Waals surface area (Å²) in [5, 5.41) is 6.61. The van der Waals surface area contributed by atoms with E-state index in [1.54, 1.807) is 6.07 Å². The Bertz CT molecular complexity index is 535. The first kappa shape index (κ1) is 16.3. The zero-order valence-corrected chi connectivity index (χ0v) is 13.2. The monoisotopic (exact) mass is 305 g/mol. The average Bonchev–Trinajstić information content (AvgIpc) is 3.01. The molecule has 5 heteroatoms. The average molecular weight is 305 g/mol. The lowest BCUT2D eigenvalue weighted by Crippen LogP contribution is -2.42. The summed E-state index contributed by atoms with van der Waals surface area (Å²) in [5.74, 6) is 0.718. The van der Waals surface area contributed by atoms with Crippen LogP contribution >= 0.6 is 0 Å². The summed E-state index contributed by atoms with van der Waals surface area (Å²) in [6, 6.07) is 5.38. The van der Waals surface area contributed by atoms with Crippen LogP contribution in [0.1, 0.15) is 32.3 Å². The zero-order valence-electron chi connectivity index (χ0n) is 13.2. The van der Waals surface area contributed by atoms with Crippen molar-refractivity contribution in [2.45, 2.75) is 39.3 Å². The Morgan fingerprint density at radius 1 is 1.32 bits per heavy atom. The molecule has 22 heavy (non-hydrogen) atoms. The van der Waals surface area contributed by atoms with Gasteiger partial charge < -0.3 is 15.4 Å². The molecule has 2 N–H and O–H groups in total. The van der Waals surface area contributed by atoms with Gasteiger partial charge in [-0.3, -0.25) is 0 Å². The summed E-state index contributed by atoms with van der Waals surface area (Å²) < 4.78 is 19.0. The van der Waals surface area contributed by atoms with E-state index < -0.39 is 0 Å². The fourth-order valence-electron chi connectivity index (χ4n) is 2.33. The Labute approximate surface area is 131 Å². The highest BCUT2D eigenvalue weighted by molar-refractivity contribution is 5.80. The van der Waals surface area contributed by atoms with Crippen LogP contribution in [-0.2, 0) is 6.54 Å². The standard InChI is InChI=1S/C17H24FN3O/c1-3-19-17(21-14-7-5-6-8-14)20-12-13-9-10-16(22-4-2)15(18)11-13/h5-6,9-11,14H,3-4,7-8,12H2,1-2H3,(H2,19,20,21). The Hall–Kier alpha value is -2.04. The summed E-state index contributed by atoms with van der Waals surface area (Å²) in [6.07, 6.45) is 6.37. The van der Waals surface area contributed by atoms with Crippen LogP contribution in [0.25, 0.3) is 0 Å². The van der Waals surface area contributed by atoms with E-state index in [1.165, 1.54) is 6.07 Å². The van der Waals surface area contributed by atoms with Gasteiger partial charge >= 0.3 is 0 Å². The second kappa shape index (κ2) is 8.41. The summed E-state index contributed by atoms with van der Waals surface area (Å²) in [6.45, 7) is 5.55. The third-order valence-corrected chi connectivity index (χ3v) is 3.41. The lowest BCUT2D eigenvalue weighted by atomic mass is 10.2. The van der Waals surface area contributed by atoms with Crippen LogP contribution in [0.4, 0.5) is 4.39 Å². The van der Waals surface area contributed by atoms with E-state index in [9.17, 15) is 4.39 Å². The third-order valence-electron chi connectivity index (χ3n) is 3.41. The molecule has 0 aliphatic heterocycles. The van der Waals surface area contributed by atoms with E-state index in [4.69, 9.17) is 4.74 Å². The van der Waals surface area contributed by atoms with Gasteiger partial charge in [0.25, 0.3) is 0 Å². The van der Waals surface area contributed by atoms with Crippen LogP contribution in [0.3, 0.4) is 0 Å². The van der Waals surface area contributed by atoms with Crippen molar-refractivity contribution in [3.63, 3.8) is 0 Å². The van der Waals surface area contributed by atoms with Gasteiger partial charge in [0, 0.05) is 12.6 Å². The Morgan fingerprint density at radius 3 is 2.73 bits per heavy atom. The van der Waals surface area contributed by atoms with Crippen LogP contribution in [0.2, 0.25) is 0 Å². The number of aliphatic imine (C=N–C) groups is 1. The van der Waals surface area contributed by atoms with E-state index >= 15 is 0 Å². The van der Waals surface area contributed by atoms with Gasteiger partial charge in [-0.05, 0) is 44.4 Å². The van der Waals surface area contributed by atoms with E-state index in [-0.39, 0.29) is 11.6 Å². The van der Waals surface area contributed by atoms with Crippen molar-refractivity contribution in [3.05, 3.63) is 41.7 Å². The topological polar surface area (TPSA) is 45.7 Å². The smallest absolute Gasteiger partial charge is 0.191 e. The predicted octanol–water partition coefficient (Wildman–Crippen LogP) is 3.00. The Morgan fingerprint density at radius 2 is 2.09 bits per heavy atom. The van der Waals surface area contributed by atoms with Crippen molar-refractivity contribution in [1.29, 1.82) is 0 Å². The molecule has 120 valence electrons. The number of halogens is 1. The van der Waals surface area contributed by atoms with Crippen LogP contribution in [-0.4, -0.2) is 25.2 Å². The first-order valence-electron chi connectivity index (χ1n) is 7.84. The van der Waals surface area contributed by atoms with Crippen LogP contribution in [0, 0.1) is 5.82 Å². The Kier molecular flexibility index (Phi) is 6.25. The maximum atomic E-state index is 13.8. The second-order valence-electron chi connectivity index (χ2n) is 5.18. The molecule has 1 aliphatic carbocycles. The molecule has 0 heterocycles. The van der Waals surface area contributed by atoms with Crippen molar-refractivity contribution in [3.8, 4) is 5.75 Å². The van der Waals surface area contributed by atoms with Gasteiger partial charge in [-0.15, -0.1) is 0 Å². The second-order valence-corrected chi connectivity index (χ2v) is 5.18. The highest BCUT2D eigenvalue weighted by Crippen LogP contribution is 2.18. The van der Waals surface area contributed by atoms with E-state index in [0.29, 0.717) is 19.2 Å². The van der Waals surface area contributed by atoms with Gasteiger partial charge in [-0.1, -0.05) is 18.2 Å². The van der Waals surface area contributed by atoms with Gasteiger partial charge in [0.1, 0.15) is 0 Å². The summed E-state index contributed by atoms with van der Waals surface area (Å²) in [7, 11) is 0. The molecule has 0 spiro atoms. The van der Waals surface area contributed by atoms with Crippen molar-refractivity contribution < 1.29 is 9.13 Å². The molecule has 1 aromatic rings. The minimum atomic E-state index is -0.340. The first-order valence-corrected chi connectivity index (χ1v) is 7.84. The summed E-state index contributed by atoms with van der Waals surface area (Å²) in [5.41, 5.74) is 0.822. The summed E-state index contributed by atoms with van der Waals surface area (Å²) >= 11 is 0. The van der Waals surface area contributed by atoms with Crippen molar-refractivity contribution >= 4 is 5.96 Å². The molecule has 0 aromatic heterocycles. The maximum absolute atomic E-state index is 13.8. The fourth-order valence-corrected chi connectivity index (χ4v) is 2.33. The quantitative estimate of drug-likeness (QED) is 0.482. The number of guanidine groups is 1. The number of nitrogens with one attached hydrogen (secondary N) is 2. The molecule has 0 saturated carbocycles. The van der Waals surface area contributed by atoms with Crippen LogP contribution in [0.5, 0.6) is 5.75 Å². The van der Waals surface area contributed by atoms with E-state index in [0.717, 1.165) is 30.9 Å². The van der Waals surface area contributed by atoms with Gasteiger partial charge in [-0.25, -0.2) is 9.38 Å². The number of nitrogens with zero attached hydrogens (tertiary/aromatic N) is 1. The molecule has 0 fully saturated rings. The molecule has 0 bridgehead atoms. The number of hydrogen-bond donors (Lipinski definition) is 2. The number of hydrogen-bond acceptors (Lipinski definition) is 2. The molecule has 0 atom stereocenters. The van der Waals surface area contributed by atoms with Crippen LogP contribution in [0.15, 0.2) is 35.3 Å².